The molecule has 0 saturated carbocycles. The normalized spacial score (nSPS) is 24.2. The van der Waals surface area contributed by atoms with Gasteiger partial charge in [0.25, 0.3) is 0 Å². The molecule has 26 heavy (non-hydrogen) atoms. The first-order valence-corrected chi connectivity index (χ1v) is 10.3. The van der Waals surface area contributed by atoms with Gasteiger partial charge in [-0.25, -0.2) is 4.79 Å². The highest BCUT2D eigenvalue weighted by Crippen LogP contribution is 2.31. The van der Waals surface area contributed by atoms with Crippen molar-refractivity contribution in [3.05, 3.63) is 29.8 Å². The fraction of sp³-hybridized carbons (Fsp3) is 0.579. The van der Waals surface area contributed by atoms with E-state index in [-0.39, 0.29) is 18.6 Å². The van der Waals surface area contributed by atoms with Crippen molar-refractivity contribution in [3.8, 4) is 5.75 Å². The van der Waals surface area contributed by atoms with Gasteiger partial charge < -0.3 is 9.47 Å². The van der Waals surface area contributed by atoms with Crippen LogP contribution in [0.5, 0.6) is 5.75 Å². The van der Waals surface area contributed by atoms with Crippen LogP contribution in [0.1, 0.15) is 31.2 Å². The molecule has 2 saturated heterocycles. The number of thioether (sulfide) groups is 1. The Morgan fingerprint density at radius 3 is 2.88 bits per heavy atom. The number of amides is 2. The number of carbonyl (C=O) groups excluding carboxylic acids is 2. The lowest BCUT2D eigenvalue weighted by Crippen LogP contribution is -2.91. The Hall–Kier alpha value is -1.73. The van der Waals surface area contributed by atoms with Crippen molar-refractivity contribution in [2.45, 2.75) is 49.9 Å². The molecule has 3 unspecified atom stereocenters. The van der Waals surface area contributed by atoms with Crippen molar-refractivity contribution in [1.82, 2.24) is 5.32 Å². The molecule has 0 radical (unpaired) electrons. The first-order chi connectivity index (χ1) is 12.6. The lowest BCUT2D eigenvalue weighted by molar-refractivity contribution is -0.575. The number of primary amides is 1. The molecule has 0 aliphatic carbocycles. The predicted octanol–water partition coefficient (Wildman–Crippen LogP) is 1.62. The number of nitrogens with two attached hydrogens (primary N) is 1. The SMILES string of the molecule is Cc1ccc(OCCOC(=O)CCCCC2SCC3[NH2+]C(=O)NC32)cc1. The summed E-state index contributed by atoms with van der Waals surface area (Å²) in [5.41, 5.74) is 1.18. The molecule has 2 heterocycles. The Kier molecular flexibility index (Phi) is 6.80. The maximum Gasteiger partial charge on any atom is 0.414 e. The van der Waals surface area contributed by atoms with E-state index in [1.807, 2.05) is 48.3 Å². The van der Waals surface area contributed by atoms with E-state index in [4.69, 9.17) is 9.47 Å². The van der Waals surface area contributed by atoms with Crippen LogP contribution < -0.4 is 15.4 Å². The number of hydrogen-bond acceptors (Lipinski definition) is 5. The number of benzene rings is 1. The molecule has 7 heteroatoms. The Labute approximate surface area is 158 Å². The van der Waals surface area contributed by atoms with Gasteiger partial charge in [-0.15, -0.1) is 11.8 Å². The van der Waals surface area contributed by atoms with E-state index in [2.05, 4.69) is 5.32 Å². The summed E-state index contributed by atoms with van der Waals surface area (Å²) in [5, 5.41) is 5.33. The van der Waals surface area contributed by atoms with Gasteiger partial charge in [-0.05, 0) is 31.9 Å². The second kappa shape index (κ2) is 9.28. The molecule has 6 nitrogen and oxygen atoms in total. The number of carbonyl (C=O) groups is 2. The van der Waals surface area contributed by atoms with Crippen LogP contribution in [0.2, 0.25) is 0 Å². The zero-order valence-electron chi connectivity index (χ0n) is 15.1. The molecular formula is C19H27N2O4S+. The van der Waals surface area contributed by atoms with Crippen LogP contribution in [0.3, 0.4) is 0 Å². The number of nitrogens with one attached hydrogen (secondary N) is 1. The highest BCUT2D eigenvalue weighted by atomic mass is 32.2. The molecule has 0 spiro atoms. The van der Waals surface area contributed by atoms with Crippen LogP contribution in [0.4, 0.5) is 4.79 Å². The van der Waals surface area contributed by atoms with Gasteiger partial charge in [0, 0.05) is 17.4 Å². The lowest BCUT2D eigenvalue weighted by atomic mass is 10.0. The van der Waals surface area contributed by atoms with Crippen LogP contribution >= 0.6 is 11.8 Å². The molecule has 3 N–H and O–H groups in total. The van der Waals surface area contributed by atoms with Crippen LogP contribution in [0, 0.1) is 6.92 Å². The maximum absolute atomic E-state index is 11.8. The van der Waals surface area contributed by atoms with Crippen molar-refractivity contribution in [1.29, 1.82) is 0 Å². The van der Waals surface area contributed by atoms with Crippen LogP contribution in [0.25, 0.3) is 0 Å². The zero-order chi connectivity index (χ0) is 18.4. The topological polar surface area (TPSA) is 81.2 Å². The zero-order valence-corrected chi connectivity index (χ0v) is 15.9. The van der Waals surface area contributed by atoms with E-state index in [0.717, 1.165) is 30.8 Å². The smallest absolute Gasteiger partial charge is 0.414 e. The lowest BCUT2D eigenvalue weighted by Gasteiger charge is -2.14. The molecular weight excluding hydrogens is 352 g/mol. The number of ether oxygens (including phenoxy) is 2. The van der Waals surface area contributed by atoms with Crippen molar-refractivity contribution in [2.75, 3.05) is 19.0 Å². The summed E-state index contributed by atoms with van der Waals surface area (Å²) in [6.07, 6.45) is 3.27. The summed E-state index contributed by atoms with van der Waals surface area (Å²) < 4.78 is 10.7. The van der Waals surface area contributed by atoms with Gasteiger partial charge in [0.05, 0.1) is 6.04 Å². The number of quaternary nitrogens is 1. The van der Waals surface area contributed by atoms with Crippen LogP contribution in [-0.4, -0.2) is 48.3 Å². The molecule has 0 aromatic heterocycles. The summed E-state index contributed by atoms with van der Waals surface area (Å²) in [5.74, 6) is 1.64. The Morgan fingerprint density at radius 2 is 2.08 bits per heavy atom. The van der Waals surface area contributed by atoms with Crippen molar-refractivity contribution >= 4 is 23.8 Å². The highest BCUT2D eigenvalue weighted by Gasteiger charge is 2.46. The standard InChI is InChI=1S/C19H26N2O4S/c1-13-6-8-14(9-7-13)24-10-11-25-17(22)5-3-2-4-16-18-15(12-26-16)20-19(23)21-18/h6-9,15-16,18H,2-5,10-12H2,1H3,(H2,20,21,23)/p+1. The van der Waals surface area contributed by atoms with Crippen LogP contribution in [-0.2, 0) is 9.53 Å². The van der Waals surface area contributed by atoms with Gasteiger partial charge in [0.15, 0.2) is 0 Å². The Morgan fingerprint density at radius 1 is 1.27 bits per heavy atom. The molecule has 0 bridgehead atoms. The first kappa shape index (κ1) is 19.0. The van der Waals surface area contributed by atoms with E-state index in [1.54, 1.807) is 0 Å². The van der Waals surface area contributed by atoms with Gasteiger partial charge in [0.2, 0.25) is 0 Å². The molecule has 2 aliphatic heterocycles. The third-order valence-electron chi connectivity index (χ3n) is 4.79. The summed E-state index contributed by atoms with van der Waals surface area (Å²) in [7, 11) is 0. The van der Waals surface area contributed by atoms with E-state index in [1.165, 1.54) is 5.56 Å². The number of rotatable bonds is 9. The third-order valence-corrected chi connectivity index (χ3v) is 6.33. The van der Waals surface area contributed by atoms with Crippen molar-refractivity contribution in [2.24, 2.45) is 0 Å². The monoisotopic (exact) mass is 379 g/mol. The summed E-state index contributed by atoms with van der Waals surface area (Å²) >= 11 is 1.93. The molecule has 2 amide bonds. The fourth-order valence-corrected chi connectivity index (χ4v) is 4.96. The van der Waals surface area contributed by atoms with E-state index in [0.29, 0.717) is 30.4 Å². The number of aryl methyl sites for hydroxylation is 1. The minimum atomic E-state index is -0.169. The number of fused-ring (bicyclic) bond motifs is 1. The minimum absolute atomic E-state index is 0.0710. The molecule has 3 atom stereocenters. The number of esters is 1. The Balaban J connectivity index is 1.22. The van der Waals surface area contributed by atoms with E-state index >= 15 is 0 Å². The third kappa shape index (κ3) is 5.38. The maximum atomic E-state index is 11.8. The quantitative estimate of drug-likeness (QED) is 0.387. The Bertz CT molecular complexity index is 622. The second-order valence-corrected chi connectivity index (χ2v) is 8.14. The van der Waals surface area contributed by atoms with Gasteiger partial charge in [-0.1, -0.05) is 24.1 Å². The van der Waals surface area contributed by atoms with Gasteiger partial charge in [0.1, 0.15) is 25.0 Å². The highest BCUT2D eigenvalue weighted by molar-refractivity contribution is 8.00. The molecule has 1 aromatic carbocycles. The molecule has 2 fully saturated rings. The second-order valence-electron chi connectivity index (χ2n) is 6.86. The molecule has 1 aromatic rings. The summed E-state index contributed by atoms with van der Waals surface area (Å²) in [6, 6.07) is 8.54. The first-order valence-electron chi connectivity index (χ1n) is 9.24. The van der Waals surface area contributed by atoms with Crippen LogP contribution in [0.15, 0.2) is 24.3 Å². The van der Waals surface area contributed by atoms with Crippen molar-refractivity contribution in [3.63, 3.8) is 0 Å². The van der Waals surface area contributed by atoms with Crippen molar-refractivity contribution < 1.29 is 24.4 Å². The van der Waals surface area contributed by atoms with E-state index in [9.17, 15) is 9.59 Å². The largest absolute Gasteiger partial charge is 0.490 e. The molecule has 3 rings (SSSR count). The average molecular weight is 380 g/mol. The fourth-order valence-electron chi connectivity index (χ4n) is 3.38. The molecule has 2 aliphatic rings. The number of hydrogen-bond donors (Lipinski definition) is 2. The summed E-state index contributed by atoms with van der Waals surface area (Å²) in [6.45, 7) is 2.67. The number of unbranched alkanes of at least 4 members (excludes halogenated alkanes) is 1. The predicted molar refractivity (Wildman–Crippen MR) is 100 cm³/mol. The van der Waals surface area contributed by atoms with Gasteiger partial charge in [-0.2, -0.15) is 0 Å². The minimum Gasteiger partial charge on any atom is -0.490 e. The summed E-state index contributed by atoms with van der Waals surface area (Å²) in [4.78, 5) is 23.2. The van der Waals surface area contributed by atoms with Gasteiger partial charge in [-0.3, -0.25) is 15.4 Å². The number of urea groups is 1. The van der Waals surface area contributed by atoms with E-state index < -0.39 is 0 Å². The molecule has 142 valence electrons. The average Bonchev–Trinajstić information content (AvgIpc) is 3.17. The van der Waals surface area contributed by atoms with Gasteiger partial charge >= 0.3 is 12.0 Å².